The van der Waals surface area contributed by atoms with Crippen LogP contribution in [0.1, 0.15) is 31.9 Å². The average Bonchev–Trinajstić information content (AvgIpc) is 2.68. The van der Waals surface area contributed by atoms with Crippen molar-refractivity contribution in [3.63, 3.8) is 0 Å². The van der Waals surface area contributed by atoms with Crippen LogP contribution in [0.4, 0.5) is 13.2 Å². The van der Waals surface area contributed by atoms with Crippen molar-refractivity contribution in [2.24, 2.45) is 0 Å². The Morgan fingerprint density at radius 1 is 1.24 bits per heavy atom. The number of esters is 1. The molecule has 1 aromatic carbocycles. The summed E-state index contributed by atoms with van der Waals surface area (Å²) >= 11 is 0. The summed E-state index contributed by atoms with van der Waals surface area (Å²) < 4.78 is 42.3. The lowest BCUT2D eigenvalue weighted by molar-refractivity contribution is -0.151. The van der Waals surface area contributed by atoms with E-state index < -0.39 is 31.2 Å². The van der Waals surface area contributed by atoms with Crippen molar-refractivity contribution < 1.29 is 27.5 Å². The van der Waals surface area contributed by atoms with Gasteiger partial charge in [0.1, 0.15) is 12.2 Å². The SMILES string of the molecule is CCCCn1c(=O)c(CCC(=O)OCC(=O)NCC(F)(F)F)nc2ccccc21. The minimum absolute atomic E-state index is 0.00119. The predicted molar refractivity (Wildman–Crippen MR) is 99.3 cm³/mol. The molecular formula is C19H22F3N3O4. The number of amides is 1. The van der Waals surface area contributed by atoms with Crippen molar-refractivity contribution in [2.75, 3.05) is 13.2 Å². The second-order valence-electron chi connectivity index (χ2n) is 6.41. The van der Waals surface area contributed by atoms with Crippen LogP contribution in [0.5, 0.6) is 0 Å². The maximum absolute atomic E-state index is 12.7. The molecule has 7 nitrogen and oxygen atoms in total. The molecule has 1 aromatic heterocycles. The number of unbranched alkanes of at least 4 members (excludes halogenated alkanes) is 1. The summed E-state index contributed by atoms with van der Waals surface area (Å²) in [4.78, 5) is 40.1. The Morgan fingerprint density at radius 2 is 1.97 bits per heavy atom. The molecule has 0 atom stereocenters. The van der Waals surface area contributed by atoms with Gasteiger partial charge in [0.2, 0.25) is 0 Å². The number of aryl methyl sites for hydroxylation is 2. The molecule has 29 heavy (non-hydrogen) atoms. The molecule has 1 heterocycles. The van der Waals surface area contributed by atoms with E-state index in [9.17, 15) is 27.6 Å². The Hall–Kier alpha value is -2.91. The van der Waals surface area contributed by atoms with E-state index in [-0.39, 0.29) is 24.1 Å². The number of hydrogen-bond donors (Lipinski definition) is 1. The van der Waals surface area contributed by atoms with Crippen LogP contribution in [0.25, 0.3) is 11.0 Å². The van der Waals surface area contributed by atoms with Gasteiger partial charge in [-0.25, -0.2) is 4.98 Å². The quantitative estimate of drug-likeness (QED) is 0.638. The molecule has 0 fully saturated rings. The molecule has 0 aliphatic carbocycles. The van der Waals surface area contributed by atoms with Crippen molar-refractivity contribution in [3.05, 3.63) is 40.3 Å². The lowest BCUT2D eigenvalue weighted by Gasteiger charge is -2.12. The van der Waals surface area contributed by atoms with Gasteiger partial charge in [-0.2, -0.15) is 13.2 Å². The molecule has 2 aromatic rings. The third kappa shape index (κ3) is 6.88. The minimum Gasteiger partial charge on any atom is -0.456 e. The number of halogens is 3. The van der Waals surface area contributed by atoms with Gasteiger partial charge >= 0.3 is 12.1 Å². The third-order valence-corrected chi connectivity index (χ3v) is 4.07. The summed E-state index contributed by atoms with van der Waals surface area (Å²) in [5, 5.41) is 1.60. The molecule has 0 aliphatic heterocycles. The fourth-order valence-electron chi connectivity index (χ4n) is 2.63. The van der Waals surface area contributed by atoms with Gasteiger partial charge in [0.15, 0.2) is 6.61 Å². The number of para-hydroxylation sites is 2. The number of ether oxygens (including phenoxy) is 1. The van der Waals surface area contributed by atoms with E-state index in [0.717, 1.165) is 12.8 Å². The van der Waals surface area contributed by atoms with E-state index >= 15 is 0 Å². The van der Waals surface area contributed by atoms with Crippen molar-refractivity contribution in [1.29, 1.82) is 0 Å². The predicted octanol–water partition coefficient (Wildman–Crippen LogP) is 2.35. The normalized spacial score (nSPS) is 11.4. The van der Waals surface area contributed by atoms with Gasteiger partial charge in [-0.05, 0) is 18.6 Å². The van der Waals surface area contributed by atoms with Crippen LogP contribution in [0.15, 0.2) is 29.1 Å². The molecule has 1 amide bonds. The monoisotopic (exact) mass is 413 g/mol. The van der Waals surface area contributed by atoms with Crippen LogP contribution >= 0.6 is 0 Å². The highest BCUT2D eigenvalue weighted by Crippen LogP contribution is 2.13. The molecule has 0 spiro atoms. The van der Waals surface area contributed by atoms with E-state index in [0.29, 0.717) is 17.6 Å². The van der Waals surface area contributed by atoms with Gasteiger partial charge < -0.3 is 14.6 Å². The minimum atomic E-state index is -4.54. The van der Waals surface area contributed by atoms with E-state index in [1.807, 2.05) is 13.0 Å². The van der Waals surface area contributed by atoms with Crippen LogP contribution in [-0.4, -0.2) is 40.8 Å². The molecule has 0 saturated carbocycles. The highest BCUT2D eigenvalue weighted by Gasteiger charge is 2.27. The van der Waals surface area contributed by atoms with Crippen LogP contribution in [-0.2, 0) is 27.3 Å². The first kappa shape index (κ1) is 22.4. The summed E-state index contributed by atoms with van der Waals surface area (Å²) in [7, 11) is 0. The zero-order valence-corrected chi connectivity index (χ0v) is 15.9. The number of nitrogens with one attached hydrogen (secondary N) is 1. The first-order valence-corrected chi connectivity index (χ1v) is 9.18. The molecule has 0 radical (unpaired) electrons. The van der Waals surface area contributed by atoms with Crippen LogP contribution in [0, 0.1) is 0 Å². The van der Waals surface area contributed by atoms with E-state index in [2.05, 4.69) is 9.72 Å². The molecule has 1 N–H and O–H groups in total. The molecule has 0 bridgehead atoms. The topological polar surface area (TPSA) is 90.3 Å². The number of carbonyl (C=O) groups excluding carboxylic acids is 2. The van der Waals surface area contributed by atoms with E-state index in [1.165, 1.54) is 0 Å². The zero-order chi connectivity index (χ0) is 21.4. The molecule has 158 valence electrons. The Labute approximate surface area is 164 Å². The lowest BCUT2D eigenvalue weighted by Crippen LogP contribution is -2.36. The van der Waals surface area contributed by atoms with E-state index in [4.69, 9.17) is 0 Å². The first-order valence-electron chi connectivity index (χ1n) is 9.18. The highest BCUT2D eigenvalue weighted by molar-refractivity contribution is 5.80. The summed E-state index contributed by atoms with van der Waals surface area (Å²) in [6.45, 7) is 0.216. The molecule has 0 aliphatic rings. The number of alkyl halides is 3. The Balaban J connectivity index is 1.99. The number of fused-ring (bicyclic) bond motifs is 1. The van der Waals surface area contributed by atoms with Crippen molar-refractivity contribution in [3.8, 4) is 0 Å². The lowest BCUT2D eigenvalue weighted by atomic mass is 10.2. The number of benzene rings is 1. The largest absolute Gasteiger partial charge is 0.456 e. The van der Waals surface area contributed by atoms with Gasteiger partial charge in [0.25, 0.3) is 11.5 Å². The van der Waals surface area contributed by atoms with Crippen molar-refractivity contribution in [1.82, 2.24) is 14.9 Å². The molecule has 2 rings (SSSR count). The number of rotatable bonds is 9. The maximum Gasteiger partial charge on any atom is 0.405 e. The van der Waals surface area contributed by atoms with Gasteiger partial charge in [-0.1, -0.05) is 25.5 Å². The van der Waals surface area contributed by atoms with Crippen LogP contribution in [0.3, 0.4) is 0 Å². The fraction of sp³-hybridized carbons (Fsp3) is 0.474. The van der Waals surface area contributed by atoms with Crippen molar-refractivity contribution >= 4 is 22.9 Å². The van der Waals surface area contributed by atoms with Crippen LogP contribution < -0.4 is 10.9 Å². The zero-order valence-electron chi connectivity index (χ0n) is 15.9. The third-order valence-electron chi connectivity index (χ3n) is 4.07. The maximum atomic E-state index is 12.7. The van der Waals surface area contributed by atoms with Gasteiger partial charge in [-0.15, -0.1) is 0 Å². The van der Waals surface area contributed by atoms with Crippen molar-refractivity contribution in [2.45, 2.75) is 45.3 Å². The standard InChI is InChI=1S/C19H22F3N3O4/c1-2-3-10-25-15-7-5-4-6-13(15)24-14(18(25)28)8-9-17(27)29-11-16(26)23-12-19(20,21)22/h4-7H,2-3,8-12H2,1H3,(H,23,26). The Bertz CT molecular complexity index is 925. The Kier molecular flexibility index (Phi) is 7.74. The summed E-state index contributed by atoms with van der Waals surface area (Å²) in [5.41, 5.74) is 1.22. The summed E-state index contributed by atoms with van der Waals surface area (Å²) in [6.07, 6.45) is -3.05. The number of hydrogen-bond acceptors (Lipinski definition) is 5. The highest BCUT2D eigenvalue weighted by atomic mass is 19.4. The average molecular weight is 413 g/mol. The molecular weight excluding hydrogens is 391 g/mol. The number of nitrogens with zero attached hydrogens (tertiary/aromatic N) is 2. The Morgan fingerprint density at radius 3 is 2.66 bits per heavy atom. The smallest absolute Gasteiger partial charge is 0.405 e. The molecule has 10 heteroatoms. The van der Waals surface area contributed by atoms with Gasteiger partial charge in [0, 0.05) is 13.0 Å². The number of aromatic nitrogens is 2. The summed E-state index contributed by atoms with van der Waals surface area (Å²) in [5.74, 6) is -1.86. The molecule has 0 saturated heterocycles. The van der Waals surface area contributed by atoms with Gasteiger partial charge in [0.05, 0.1) is 17.5 Å². The van der Waals surface area contributed by atoms with E-state index in [1.54, 1.807) is 28.1 Å². The number of carbonyl (C=O) groups is 2. The van der Waals surface area contributed by atoms with Gasteiger partial charge in [-0.3, -0.25) is 14.4 Å². The first-order chi connectivity index (χ1) is 13.7. The summed E-state index contributed by atoms with van der Waals surface area (Å²) in [6, 6.07) is 7.18. The second kappa shape index (κ2) is 10.0. The molecule has 0 unspecified atom stereocenters. The second-order valence-corrected chi connectivity index (χ2v) is 6.41. The van der Waals surface area contributed by atoms with Crippen LogP contribution in [0.2, 0.25) is 0 Å². The fourth-order valence-corrected chi connectivity index (χ4v) is 2.63.